The SMILES string of the molecule is COc1ccc2oc(=O)cc(NC3CCN(C(C)c4ccc5[nH]ccc5c4)CC3)c2c1. The maximum absolute atomic E-state index is 12.0. The first-order chi connectivity index (χ1) is 15.1. The molecule has 0 spiro atoms. The highest BCUT2D eigenvalue weighted by Gasteiger charge is 2.24. The van der Waals surface area contributed by atoms with Crippen molar-refractivity contribution in [3.63, 3.8) is 0 Å². The van der Waals surface area contributed by atoms with Gasteiger partial charge in [0.2, 0.25) is 0 Å². The molecule has 160 valence electrons. The van der Waals surface area contributed by atoms with E-state index in [2.05, 4.69) is 46.4 Å². The average Bonchev–Trinajstić information content (AvgIpc) is 3.27. The molecule has 2 aromatic carbocycles. The van der Waals surface area contributed by atoms with Gasteiger partial charge in [-0.05, 0) is 67.1 Å². The highest BCUT2D eigenvalue weighted by Crippen LogP contribution is 2.30. The van der Waals surface area contributed by atoms with Crippen LogP contribution in [0, 0.1) is 0 Å². The number of methoxy groups -OCH3 is 1. The van der Waals surface area contributed by atoms with Crippen LogP contribution in [0.5, 0.6) is 5.75 Å². The average molecular weight is 418 g/mol. The van der Waals surface area contributed by atoms with Crippen LogP contribution in [0.25, 0.3) is 21.9 Å². The molecule has 2 aromatic heterocycles. The number of piperidine rings is 1. The van der Waals surface area contributed by atoms with Gasteiger partial charge < -0.3 is 19.5 Å². The van der Waals surface area contributed by atoms with Crippen LogP contribution in [0.15, 0.2) is 63.9 Å². The molecule has 6 heteroatoms. The maximum atomic E-state index is 12.0. The van der Waals surface area contributed by atoms with Gasteiger partial charge in [-0.1, -0.05) is 6.07 Å². The van der Waals surface area contributed by atoms with Crippen LogP contribution in [0.1, 0.15) is 31.4 Å². The lowest BCUT2D eigenvalue weighted by atomic mass is 9.99. The molecule has 0 radical (unpaired) electrons. The Morgan fingerprint density at radius 3 is 2.77 bits per heavy atom. The Bertz CT molecular complexity index is 1270. The summed E-state index contributed by atoms with van der Waals surface area (Å²) in [7, 11) is 1.64. The number of ether oxygens (including phenoxy) is 1. The lowest BCUT2D eigenvalue weighted by Crippen LogP contribution is -2.40. The second-order valence-corrected chi connectivity index (χ2v) is 8.30. The molecule has 2 N–H and O–H groups in total. The number of aromatic amines is 1. The van der Waals surface area contributed by atoms with Gasteiger partial charge in [-0.25, -0.2) is 4.79 Å². The fraction of sp³-hybridized carbons (Fsp3) is 0.320. The van der Waals surface area contributed by atoms with Crippen molar-refractivity contribution in [2.75, 3.05) is 25.5 Å². The van der Waals surface area contributed by atoms with Gasteiger partial charge in [0.05, 0.1) is 12.8 Å². The zero-order chi connectivity index (χ0) is 21.4. The third-order valence-electron chi connectivity index (χ3n) is 6.45. The first-order valence-electron chi connectivity index (χ1n) is 10.8. The number of hydrogen-bond donors (Lipinski definition) is 2. The molecular formula is C25H27N3O3. The predicted molar refractivity (Wildman–Crippen MR) is 124 cm³/mol. The first kappa shape index (κ1) is 19.7. The van der Waals surface area contributed by atoms with Gasteiger partial charge >= 0.3 is 5.63 Å². The molecular weight excluding hydrogens is 390 g/mol. The second-order valence-electron chi connectivity index (χ2n) is 8.30. The first-order valence-corrected chi connectivity index (χ1v) is 10.8. The number of anilines is 1. The molecule has 1 unspecified atom stereocenters. The van der Waals surface area contributed by atoms with Crippen LogP contribution in [0.3, 0.4) is 0 Å². The molecule has 1 aliphatic rings. The van der Waals surface area contributed by atoms with Crippen LogP contribution < -0.4 is 15.7 Å². The summed E-state index contributed by atoms with van der Waals surface area (Å²) in [4.78, 5) is 17.8. The van der Waals surface area contributed by atoms with E-state index in [1.165, 1.54) is 16.5 Å². The quantitative estimate of drug-likeness (QED) is 0.451. The van der Waals surface area contributed by atoms with E-state index in [0.29, 0.717) is 17.7 Å². The number of hydrogen-bond acceptors (Lipinski definition) is 5. The van der Waals surface area contributed by atoms with E-state index in [1.807, 2.05) is 12.3 Å². The summed E-state index contributed by atoms with van der Waals surface area (Å²) >= 11 is 0. The molecule has 5 rings (SSSR count). The number of likely N-dealkylation sites (tertiary alicyclic amines) is 1. The fourth-order valence-electron chi connectivity index (χ4n) is 4.58. The monoisotopic (exact) mass is 417 g/mol. The Morgan fingerprint density at radius 2 is 1.97 bits per heavy atom. The smallest absolute Gasteiger partial charge is 0.338 e. The summed E-state index contributed by atoms with van der Waals surface area (Å²) in [5.41, 5.74) is 3.57. The van der Waals surface area contributed by atoms with Gasteiger partial charge in [-0.15, -0.1) is 0 Å². The Hall–Kier alpha value is -3.25. The van der Waals surface area contributed by atoms with Gasteiger partial charge in [0.15, 0.2) is 0 Å². The minimum Gasteiger partial charge on any atom is -0.497 e. The minimum absolute atomic E-state index is 0.312. The normalized spacial score (nSPS) is 16.6. The lowest BCUT2D eigenvalue weighted by Gasteiger charge is -2.37. The van der Waals surface area contributed by atoms with E-state index in [4.69, 9.17) is 9.15 Å². The Labute approximate surface area is 180 Å². The van der Waals surface area contributed by atoms with Gasteiger partial charge in [-0.3, -0.25) is 4.90 Å². The Balaban J connectivity index is 1.29. The fourth-order valence-corrected chi connectivity index (χ4v) is 4.58. The number of rotatable bonds is 5. The van der Waals surface area contributed by atoms with Crippen molar-refractivity contribution in [1.82, 2.24) is 9.88 Å². The second kappa shape index (κ2) is 8.12. The number of nitrogens with zero attached hydrogens (tertiary/aromatic N) is 1. The molecule has 3 heterocycles. The largest absolute Gasteiger partial charge is 0.497 e. The van der Waals surface area contributed by atoms with Crippen molar-refractivity contribution >= 4 is 27.6 Å². The van der Waals surface area contributed by atoms with E-state index in [0.717, 1.165) is 42.8 Å². The molecule has 0 saturated carbocycles. The molecule has 0 amide bonds. The van der Waals surface area contributed by atoms with Crippen molar-refractivity contribution in [2.45, 2.75) is 31.8 Å². The molecule has 31 heavy (non-hydrogen) atoms. The van der Waals surface area contributed by atoms with E-state index in [-0.39, 0.29) is 5.63 Å². The van der Waals surface area contributed by atoms with Crippen molar-refractivity contribution < 1.29 is 9.15 Å². The summed E-state index contributed by atoms with van der Waals surface area (Å²) in [5, 5.41) is 5.72. The van der Waals surface area contributed by atoms with E-state index < -0.39 is 0 Å². The zero-order valence-electron chi connectivity index (χ0n) is 17.9. The summed E-state index contributed by atoms with van der Waals surface area (Å²) < 4.78 is 10.7. The number of aromatic nitrogens is 1. The summed E-state index contributed by atoms with van der Waals surface area (Å²) in [5.74, 6) is 0.743. The summed E-state index contributed by atoms with van der Waals surface area (Å²) in [6.45, 7) is 4.29. The van der Waals surface area contributed by atoms with Crippen LogP contribution in [0.4, 0.5) is 5.69 Å². The topological polar surface area (TPSA) is 70.5 Å². The molecule has 0 bridgehead atoms. The van der Waals surface area contributed by atoms with Gasteiger partial charge in [0, 0.05) is 48.3 Å². The van der Waals surface area contributed by atoms with Crippen molar-refractivity contribution in [2.24, 2.45) is 0 Å². The van der Waals surface area contributed by atoms with Crippen molar-refractivity contribution in [1.29, 1.82) is 0 Å². The number of H-pyrrole nitrogens is 1. The van der Waals surface area contributed by atoms with E-state index in [9.17, 15) is 4.79 Å². The van der Waals surface area contributed by atoms with E-state index in [1.54, 1.807) is 25.3 Å². The molecule has 6 nitrogen and oxygen atoms in total. The van der Waals surface area contributed by atoms with E-state index >= 15 is 0 Å². The highest BCUT2D eigenvalue weighted by atomic mass is 16.5. The molecule has 1 fully saturated rings. The van der Waals surface area contributed by atoms with Crippen molar-refractivity contribution in [3.05, 3.63) is 70.7 Å². The molecule has 1 aliphatic heterocycles. The van der Waals surface area contributed by atoms with Gasteiger partial charge in [-0.2, -0.15) is 0 Å². The third kappa shape index (κ3) is 3.91. The van der Waals surface area contributed by atoms with Gasteiger partial charge in [0.1, 0.15) is 11.3 Å². The molecule has 4 aromatic rings. The predicted octanol–water partition coefficient (Wildman–Crippen LogP) is 4.92. The number of benzene rings is 2. The number of nitrogens with one attached hydrogen (secondary N) is 2. The summed E-state index contributed by atoms with van der Waals surface area (Å²) in [6, 6.07) is 16.5. The van der Waals surface area contributed by atoms with Crippen LogP contribution in [-0.2, 0) is 0 Å². The summed E-state index contributed by atoms with van der Waals surface area (Å²) in [6.07, 6.45) is 4.02. The lowest BCUT2D eigenvalue weighted by molar-refractivity contribution is 0.168. The maximum Gasteiger partial charge on any atom is 0.338 e. The van der Waals surface area contributed by atoms with Crippen LogP contribution >= 0.6 is 0 Å². The van der Waals surface area contributed by atoms with Gasteiger partial charge in [0.25, 0.3) is 0 Å². The minimum atomic E-state index is -0.341. The molecule has 1 atom stereocenters. The third-order valence-corrected chi connectivity index (χ3v) is 6.45. The Kier molecular flexibility index (Phi) is 5.16. The molecule has 0 aliphatic carbocycles. The van der Waals surface area contributed by atoms with Crippen LogP contribution in [-0.4, -0.2) is 36.1 Å². The zero-order valence-corrected chi connectivity index (χ0v) is 17.9. The Morgan fingerprint density at radius 1 is 1.13 bits per heavy atom. The van der Waals surface area contributed by atoms with Crippen LogP contribution in [0.2, 0.25) is 0 Å². The van der Waals surface area contributed by atoms with Crippen molar-refractivity contribution in [3.8, 4) is 5.75 Å². The molecule has 1 saturated heterocycles. The standard InChI is InChI=1S/C25H27N3O3/c1-16(17-3-5-22-18(13-17)7-10-26-22)28-11-8-19(9-12-28)27-23-15-25(29)31-24-6-4-20(30-2)14-21(23)24/h3-7,10,13-16,19,26-27H,8-9,11-12H2,1-2H3. The number of fused-ring (bicyclic) bond motifs is 2. The highest BCUT2D eigenvalue weighted by molar-refractivity contribution is 5.90.